The summed E-state index contributed by atoms with van der Waals surface area (Å²) in [5.41, 5.74) is 1.84. The van der Waals surface area contributed by atoms with Crippen LogP contribution in [0.4, 0.5) is 0 Å². The number of aliphatic hydroxyl groups excluding tert-OH is 6. The summed E-state index contributed by atoms with van der Waals surface area (Å²) in [7, 11) is 3.08. The van der Waals surface area contributed by atoms with Crippen molar-refractivity contribution in [3.63, 3.8) is 0 Å². The third kappa shape index (κ3) is 9.51. The number of hydrogen-bond donors (Lipinski definition) is 6. The van der Waals surface area contributed by atoms with Gasteiger partial charge in [0, 0.05) is 40.4 Å². The normalized spacial score (nSPS) is 52.3. The van der Waals surface area contributed by atoms with Gasteiger partial charge in [-0.05, 0) is 69.8 Å². The van der Waals surface area contributed by atoms with E-state index >= 15 is 0 Å². The Balaban J connectivity index is 0.768. The lowest BCUT2D eigenvalue weighted by Crippen LogP contribution is -2.62. The zero-order valence-corrected chi connectivity index (χ0v) is 39.4. The van der Waals surface area contributed by atoms with Gasteiger partial charge in [0.2, 0.25) is 5.79 Å². The number of methoxy groups -OCH3 is 2. The van der Waals surface area contributed by atoms with Crippen LogP contribution >= 0.6 is 0 Å². The van der Waals surface area contributed by atoms with Crippen LogP contribution in [0.3, 0.4) is 0 Å². The molecule has 9 rings (SSSR count). The second kappa shape index (κ2) is 19.9. The fourth-order valence-corrected chi connectivity index (χ4v) is 12.6. The van der Waals surface area contributed by atoms with Crippen LogP contribution in [0.25, 0.3) is 0 Å². The summed E-state index contributed by atoms with van der Waals surface area (Å²) in [6.07, 6.45) is -9.91. The molecule has 25 atom stereocenters. The van der Waals surface area contributed by atoms with Gasteiger partial charge >= 0.3 is 5.97 Å². The van der Waals surface area contributed by atoms with E-state index < -0.39 is 135 Å². The highest BCUT2D eigenvalue weighted by atomic mass is 16.8. The van der Waals surface area contributed by atoms with Gasteiger partial charge in [0.05, 0.1) is 80.1 Å². The van der Waals surface area contributed by atoms with Crippen LogP contribution in [-0.4, -0.2) is 193 Å². The predicted molar refractivity (Wildman–Crippen MR) is 227 cm³/mol. The van der Waals surface area contributed by atoms with Gasteiger partial charge in [0.25, 0.3) is 0 Å². The van der Waals surface area contributed by atoms with Crippen LogP contribution in [-0.2, 0) is 66.4 Å². The summed E-state index contributed by atoms with van der Waals surface area (Å²) < 4.78 is 79.5. The van der Waals surface area contributed by atoms with Crippen molar-refractivity contribution >= 4 is 5.97 Å². The quantitative estimate of drug-likeness (QED) is 0.124. The standard InChI is InChI=1S/C47H72O20/c1-20-41(65-36-15-31(56-7)43(22(3)61-36)67-45-40(53)39(52)38(51)32(17-48)64-45)27(49)13-34(59-20)66-42-21(2)60-35(14-30(42)55-6)62-29-12-24-9-10-25-26(46(24,4)16-28(29)50)11-8-23-18-57-47(5)37(23)33(19-58-47)63-44(25)54/h9,18,20-22,25-43,45,48-53H,8,10-17,19H2,1-7H3/t20-,21+,22+,25+,26+,27+,28-,29-,30-,31-,32-,33-,34+,35-,36+,37-,38-,39+,40-,41-,42+,43+,45+,46+,47+/m1/s1. The molecule has 20 heteroatoms. The van der Waals surface area contributed by atoms with E-state index in [-0.39, 0.29) is 42.7 Å². The smallest absolute Gasteiger partial charge is 0.309 e. The number of carbonyl (C=O) groups excluding carboxylic acids is 1. The lowest BCUT2D eigenvalue weighted by molar-refractivity contribution is -0.356. The minimum absolute atomic E-state index is 0.0362. The summed E-state index contributed by atoms with van der Waals surface area (Å²) in [5, 5.41) is 63.8. The van der Waals surface area contributed by atoms with Crippen molar-refractivity contribution in [2.45, 2.75) is 215 Å². The molecule has 0 spiro atoms. The number of esters is 1. The van der Waals surface area contributed by atoms with Crippen LogP contribution in [0.5, 0.6) is 0 Å². The summed E-state index contributed by atoms with van der Waals surface area (Å²) in [6.45, 7) is 9.14. The Morgan fingerprint density at radius 2 is 1.37 bits per heavy atom. The number of carbonyl (C=O) groups is 1. The first kappa shape index (κ1) is 50.0. The number of rotatable bonds is 11. The minimum Gasteiger partial charge on any atom is -0.469 e. The van der Waals surface area contributed by atoms with Crippen molar-refractivity contribution in [3.8, 4) is 0 Å². The number of fused-ring (bicyclic) bond motifs is 3. The third-order valence-corrected chi connectivity index (χ3v) is 16.3. The highest BCUT2D eigenvalue weighted by Gasteiger charge is 2.59. The topological polar surface area (TPSA) is 258 Å². The maximum absolute atomic E-state index is 13.8. The highest BCUT2D eigenvalue weighted by molar-refractivity contribution is 5.74. The van der Waals surface area contributed by atoms with Gasteiger partial charge in [-0.25, -0.2) is 0 Å². The molecule has 6 N–H and O–H groups in total. The van der Waals surface area contributed by atoms with E-state index in [4.69, 9.17) is 61.6 Å². The molecule has 380 valence electrons. The molecule has 20 nitrogen and oxygen atoms in total. The highest BCUT2D eigenvalue weighted by Crippen LogP contribution is 2.57. The fourth-order valence-electron chi connectivity index (χ4n) is 12.6. The Bertz CT molecular complexity index is 1790. The van der Waals surface area contributed by atoms with Gasteiger partial charge in [0.1, 0.15) is 48.8 Å². The molecule has 6 saturated heterocycles. The van der Waals surface area contributed by atoms with Gasteiger partial charge < -0.3 is 92.2 Å². The zero-order chi connectivity index (χ0) is 47.7. The molecular formula is C47H72O20. The van der Waals surface area contributed by atoms with E-state index in [1.54, 1.807) is 27.2 Å². The Kier molecular flexibility index (Phi) is 14.9. The van der Waals surface area contributed by atoms with E-state index in [9.17, 15) is 35.4 Å². The number of ether oxygens (including phenoxy) is 13. The summed E-state index contributed by atoms with van der Waals surface area (Å²) in [4.78, 5) is 13.8. The summed E-state index contributed by atoms with van der Waals surface area (Å²) >= 11 is 0. The Labute approximate surface area is 390 Å². The lowest BCUT2D eigenvalue weighted by atomic mass is 9.55. The molecule has 1 saturated carbocycles. The SMILES string of the molecule is CO[C@@H]1C[C@@H](O[C@@H]2CC3=CC[C@@H]4C(=O)O[C@@H]5CO[C@]6(C)OC=C(CC[C@@H]4[C@@]3(C)C[C@H]2O)[C@H]56)O[C@@H](C)[C@@H]1O[C@H]1C[C@H](O)[C@H](O[C@H]2C[C@@H](OC)[C@@H](O[C@@H]3O[C@H](CO)[C@@H](O)[C@H](O)[C@H]3O)[C@H](C)O2)[C@@H](C)O1. The van der Waals surface area contributed by atoms with Gasteiger partial charge in [0.15, 0.2) is 25.2 Å². The first-order valence-corrected chi connectivity index (χ1v) is 24.2. The summed E-state index contributed by atoms with van der Waals surface area (Å²) in [5.74, 6) is -1.52. The first-order valence-electron chi connectivity index (χ1n) is 24.2. The molecular weight excluding hydrogens is 884 g/mol. The van der Waals surface area contributed by atoms with E-state index in [1.807, 2.05) is 13.8 Å². The maximum Gasteiger partial charge on any atom is 0.309 e. The summed E-state index contributed by atoms with van der Waals surface area (Å²) in [6, 6.07) is 0. The van der Waals surface area contributed by atoms with Crippen molar-refractivity contribution in [1.82, 2.24) is 0 Å². The molecule has 0 aromatic heterocycles. The molecule has 0 radical (unpaired) electrons. The molecule has 0 unspecified atom stereocenters. The van der Waals surface area contributed by atoms with Gasteiger partial charge in [-0.1, -0.05) is 18.6 Å². The van der Waals surface area contributed by atoms with Gasteiger partial charge in [-0.2, -0.15) is 0 Å². The van der Waals surface area contributed by atoms with Crippen molar-refractivity contribution < 1.29 is 97.0 Å². The van der Waals surface area contributed by atoms with Crippen LogP contribution in [0.1, 0.15) is 86.0 Å². The van der Waals surface area contributed by atoms with Crippen molar-refractivity contribution in [1.29, 1.82) is 0 Å². The fraction of sp³-hybridized carbons (Fsp3) is 0.894. The molecule has 7 fully saturated rings. The van der Waals surface area contributed by atoms with Gasteiger partial charge in [-0.3, -0.25) is 4.79 Å². The molecule has 0 aromatic rings. The monoisotopic (exact) mass is 956 g/mol. The van der Waals surface area contributed by atoms with E-state index in [1.165, 1.54) is 12.7 Å². The van der Waals surface area contributed by atoms with Crippen molar-refractivity contribution in [3.05, 3.63) is 23.5 Å². The van der Waals surface area contributed by atoms with Gasteiger partial charge in [-0.15, -0.1) is 0 Å². The number of aliphatic hydroxyl groups is 6. The minimum atomic E-state index is -1.60. The molecule has 2 aliphatic carbocycles. The van der Waals surface area contributed by atoms with E-state index in [0.29, 0.717) is 32.3 Å². The second-order valence-corrected chi connectivity index (χ2v) is 20.5. The van der Waals surface area contributed by atoms with Crippen LogP contribution in [0.15, 0.2) is 23.5 Å². The average molecular weight is 957 g/mol. The third-order valence-electron chi connectivity index (χ3n) is 16.3. The second-order valence-electron chi connectivity index (χ2n) is 20.5. The maximum atomic E-state index is 13.8. The Morgan fingerprint density at radius 3 is 2.03 bits per heavy atom. The van der Waals surface area contributed by atoms with Crippen LogP contribution < -0.4 is 0 Å². The van der Waals surface area contributed by atoms with Crippen LogP contribution in [0.2, 0.25) is 0 Å². The molecule has 9 aliphatic rings. The van der Waals surface area contributed by atoms with Crippen molar-refractivity contribution in [2.75, 3.05) is 27.4 Å². The first-order chi connectivity index (χ1) is 31.9. The van der Waals surface area contributed by atoms with E-state index in [2.05, 4.69) is 13.0 Å². The molecule has 0 amide bonds. The predicted octanol–water partition coefficient (Wildman–Crippen LogP) is 0.829. The average Bonchev–Trinajstić information content (AvgIpc) is 3.81. The molecule has 7 heterocycles. The number of allylic oxidation sites excluding steroid dienone is 1. The number of hydrogen-bond acceptors (Lipinski definition) is 20. The van der Waals surface area contributed by atoms with Crippen molar-refractivity contribution in [2.24, 2.45) is 23.2 Å². The molecule has 0 bridgehead atoms. The largest absolute Gasteiger partial charge is 0.469 e. The zero-order valence-electron chi connectivity index (χ0n) is 39.4. The van der Waals surface area contributed by atoms with E-state index in [0.717, 1.165) is 18.4 Å². The molecule has 7 aliphatic heterocycles. The Morgan fingerprint density at radius 1 is 0.746 bits per heavy atom. The molecule has 67 heavy (non-hydrogen) atoms. The Hall–Kier alpha value is -1.93. The van der Waals surface area contributed by atoms with Crippen LogP contribution in [0, 0.1) is 23.2 Å². The lowest BCUT2D eigenvalue weighted by Gasteiger charge is -2.52. The molecule has 0 aromatic carbocycles.